The van der Waals surface area contributed by atoms with Gasteiger partial charge in [-0.2, -0.15) is 0 Å². The normalized spacial score (nSPS) is 12.4. The Bertz CT molecular complexity index is 1930. The van der Waals surface area contributed by atoms with Crippen LogP contribution in [0.5, 0.6) is 5.75 Å². The quantitative estimate of drug-likeness (QED) is 0.0326. The van der Waals surface area contributed by atoms with Gasteiger partial charge in [-0.25, -0.2) is 9.59 Å². The molecule has 0 aliphatic carbocycles. The lowest BCUT2D eigenvalue weighted by atomic mass is 9.89. The van der Waals surface area contributed by atoms with Crippen molar-refractivity contribution in [1.29, 1.82) is 0 Å². The van der Waals surface area contributed by atoms with Crippen molar-refractivity contribution in [3.8, 4) is 28.0 Å². The number of aryl methyl sites for hydroxylation is 4. The smallest absolute Gasteiger partial charge is 0.333 e. The van der Waals surface area contributed by atoms with Crippen LogP contribution in [0.15, 0.2) is 78.9 Å². The topological polar surface area (TPSA) is 80.3 Å². The van der Waals surface area contributed by atoms with E-state index in [-0.39, 0.29) is 41.1 Å². The van der Waals surface area contributed by atoms with E-state index in [4.69, 9.17) is 23.1 Å². The van der Waals surface area contributed by atoms with E-state index in [0.717, 1.165) is 41.7 Å². The van der Waals surface area contributed by atoms with Gasteiger partial charge in [-0.1, -0.05) is 124 Å². The first-order valence-electron chi connectivity index (χ1n) is 24.3. The number of hydrogen-bond donors (Lipinski definition) is 0. The van der Waals surface area contributed by atoms with Crippen LogP contribution in [0.2, 0.25) is 36.3 Å². The highest BCUT2D eigenvalue weighted by Crippen LogP contribution is 2.40. The fraction of sp³-hybridized carbons (Fsp3) is 0.571. The molecule has 3 rings (SSSR count). The van der Waals surface area contributed by atoms with Crippen LogP contribution < -0.4 is 4.74 Å². The third-order valence-electron chi connectivity index (χ3n) is 13.5. The van der Waals surface area contributed by atoms with Gasteiger partial charge in [0.15, 0.2) is 16.6 Å². The molecule has 0 saturated carbocycles. The molecule has 65 heavy (non-hydrogen) atoms. The Balaban J connectivity index is 2.08. The van der Waals surface area contributed by atoms with Crippen molar-refractivity contribution < 1.29 is 32.7 Å². The van der Waals surface area contributed by atoms with Crippen molar-refractivity contribution in [2.75, 3.05) is 33.0 Å². The monoisotopic (exact) mass is 927 g/mol. The second-order valence-corrected chi connectivity index (χ2v) is 30.8. The summed E-state index contributed by atoms with van der Waals surface area (Å²) in [6, 6.07) is 20.4. The Morgan fingerprint density at radius 2 is 1.08 bits per heavy atom. The molecular weight excluding hydrogens is 841 g/mol. The van der Waals surface area contributed by atoms with Crippen LogP contribution in [-0.4, -0.2) is 61.6 Å². The van der Waals surface area contributed by atoms with Gasteiger partial charge in [0, 0.05) is 30.3 Å². The molecule has 3 aromatic carbocycles. The van der Waals surface area contributed by atoms with Gasteiger partial charge in [0.25, 0.3) is 0 Å². The summed E-state index contributed by atoms with van der Waals surface area (Å²) >= 11 is 0. The third-order valence-corrected chi connectivity index (χ3v) is 22.5. The second kappa shape index (κ2) is 25.4. The Morgan fingerprint density at radius 1 is 0.600 bits per heavy atom. The molecule has 0 aliphatic heterocycles. The highest BCUT2D eigenvalue weighted by atomic mass is 28.4. The summed E-state index contributed by atoms with van der Waals surface area (Å²) in [6.45, 7) is 40.5. The Hall–Kier alpha value is -3.77. The molecule has 0 N–H and O–H groups in total. The molecule has 0 amide bonds. The van der Waals surface area contributed by atoms with Gasteiger partial charge in [0.2, 0.25) is 0 Å². The number of esters is 2. The number of unbranched alkanes of at least 4 members (excludes halogenated alkanes) is 2. The molecule has 0 aliphatic rings. The van der Waals surface area contributed by atoms with E-state index in [0.29, 0.717) is 56.7 Å². The van der Waals surface area contributed by atoms with Crippen molar-refractivity contribution in [2.45, 2.75) is 170 Å². The van der Waals surface area contributed by atoms with E-state index in [1.165, 1.54) is 47.1 Å². The van der Waals surface area contributed by atoms with Crippen molar-refractivity contribution in [3.05, 3.63) is 101 Å². The first-order chi connectivity index (χ1) is 30.4. The van der Waals surface area contributed by atoms with Crippen LogP contribution >= 0.6 is 0 Å². The minimum atomic E-state index is -2.01. The van der Waals surface area contributed by atoms with E-state index >= 15 is 0 Å². The van der Waals surface area contributed by atoms with Gasteiger partial charge in [-0.15, -0.1) is 0 Å². The molecule has 0 bridgehead atoms. The minimum absolute atomic E-state index is 0.0917. The van der Waals surface area contributed by atoms with E-state index in [1.54, 1.807) is 13.8 Å². The standard InChI is InChI=1S/C56H86O7Si2/c1-17-19-20-23-43-26-28-46(29-27-43)47-30-31-51(45(18-2)36-47)50-37-48(24-21-33-60-53(57)41(3)4)52(49(38-50)25-22-34-61-54(58)42(5)6)59-35-32-44(39-62-64(13,14)55(7,8)9)40-63-65(15,16)56(10,11)12/h26-31,36-38,44H,3,5,17-25,32-35,39-40H2,1-2,4,6-16H3. The van der Waals surface area contributed by atoms with Crippen molar-refractivity contribution in [2.24, 2.45) is 5.92 Å². The number of hydrogen-bond acceptors (Lipinski definition) is 7. The zero-order valence-corrected chi connectivity index (χ0v) is 45.2. The maximum atomic E-state index is 12.4. The minimum Gasteiger partial charge on any atom is -0.493 e. The fourth-order valence-electron chi connectivity index (χ4n) is 6.99. The Kier molecular flexibility index (Phi) is 21.7. The average molecular weight is 927 g/mol. The molecule has 0 spiro atoms. The number of benzene rings is 3. The van der Waals surface area contributed by atoms with Crippen molar-refractivity contribution in [1.82, 2.24) is 0 Å². The number of carbonyl (C=O) groups is 2. The fourth-order valence-corrected chi connectivity index (χ4v) is 9.16. The first-order valence-corrected chi connectivity index (χ1v) is 30.2. The third kappa shape index (κ3) is 17.4. The predicted octanol–water partition coefficient (Wildman–Crippen LogP) is 14.8. The van der Waals surface area contributed by atoms with Gasteiger partial charge in [0.05, 0.1) is 19.8 Å². The maximum Gasteiger partial charge on any atom is 0.333 e. The summed E-state index contributed by atoms with van der Waals surface area (Å²) in [4.78, 5) is 24.7. The van der Waals surface area contributed by atoms with E-state index < -0.39 is 16.6 Å². The summed E-state index contributed by atoms with van der Waals surface area (Å²) in [5, 5.41) is 0.183. The number of ether oxygens (including phenoxy) is 3. The molecular formula is C56H86O7Si2. The van der Waals surface area contributed by atoms with E-state index in [9.17, 15) is 9.59 Å². The average Bonchev–Trinajstić information content (AvgIpc) is 3.24. The number of rotatable bonds is 27. The molecule has 0 aromatic heterocycles. The first kappa shape index (κ1) is 55.6. The summed E-state index contributed by atoms with van der Waals surface area (Å²) in [7, 11) is -4.03. The van der Waals surface area contributed by atoms with Crippen molar-refractivity contribution >= 4 is 28.6 Å². The van der Waals surface area contributed by atoms with Gasteiger partial charge >= 0.3 is 11.9 Å². The van der Waals surface area contributed by atoms with Crippen LogP contribution in [0.3, 0.4) is 0 Å². The van der Waals surface area contributed by atoms with E-state index in [2.05, 4.69) is 149 Å². The molecule has 3 aromatic rings. The van der Waals surface area contributed by atoms with Gasteiger partial charge in [0.1, 0.15) is 5.75 Å². The molecule has 0 fully saturated rings. The Morgan fingerprint density at radius 3 is 1.52 bits per heavy atom. The summed E-state index contributed by atoms with van der Waals surface area (Å²) in [6.07, 6.45) is 8.95. The highest BCUT2D eigenvalue weighted by Gasteiger charge is 2.39. The van der Waals surface area contributed by atoms with Crippen LogP contribution in [0.1, 0.15) is 130 Å². The van der Waals surface area contributed by atoms with Gasteiger partial charge < -0.3 is 23.1 Å². The summed E-state index contributed by atoms with van der Waals surface area (Å²) in [5.74, 6) is 0.222. The van der Waals surface area contributed by atoms with Crippen LogP contribution in [0.25, 0.3) is 22.3 Å². The lowest BCUT2D eigenvalue weighted by Crippen LogP contribution is -2.44. The zero-order chi connectivity index (χ0) is 48.6. The molecule has 7 nitrogen and oxygen atoms in total. The van der Waals surface area contributed by atoms with Gasteiger partial charge in [-0.05, 0) is 158 Å². The molecule has 360 valence electrons. The second-order valence-electron chi connectivity index (χ2n) is 21.2. The molecule has 0 unspecified atom stereocenters. The van der Waals surface area contributed by atoms with Crippen LogP contribution in [-0.2, 0) is 53.6 Å². The lowest BCUT2D eigenvalue weighted by Gasteiger charge is -2.39. The zero-order valence-electron chi connectivity index (χ0n) is 43.2. The lowest BCUT2D eigenvalue weighted by molar-refractivity contribution is -0.139. The largest absolute Gasteiger partial charge is 0.493 e. The molecule has 9 heteroatoms. The maximum absolute atomic E-state index is 12.4. The van der Waals surface area contributed by atoms with E-state index in [1.807, 2.05) is 0 Å². The summed E-state index contributed by atoms with van der Waals surface area (Å²) < 4.78 is 31.8. The molecule has 0 heterocycles. The van der Waals surface area contributed by atoms with Crippen LogP contribution in [0, 0.1) is 5.92 Å². The number of carbonyl (C=O) groups excluding carboxylic acids is 2. The predicted molar refractivity (Wildman–Crippen MR) is 278 cm³/mol. The SMILES string of the molecule is C=C(C)C(=O)OCCCc1cc(-c2ccc(-c3ccc(CCCCC)cc3)cc2CC)cc(CCCOC(=O)C(=C)C)c1OCCC(CO[Si](C)(C)C(C)(C)C)CO[Si](C)(C)C(C)(C)C. The Labute approximate surface area is 397 Å². The van der Waals surface area contributed by atoms with Crippen LogP contribution in [0.4, 0.5) is 0 Å². The molecule has 0 saturated heterocycles. The highest BCUT2D eigenvalue weighted by molar-refractivity contribution is 6.74. The molecule has 0 radical (unpaired) electrons. The van der Waals surface area contributed by atoms with Crippen molar-refractivity contribution in [3.63, 3.8) is 0 Å². The summed E-state index contributed by atoms with van der Waals surface area (Å²) in [5.41, 5.74) is 10.2. The van der Waals surface area contributed by atoms with Gasteiger partial charge in [-0.3, -0.25) is 0 Å². The molecule has 0 atom stereocenters.